The van der Waals surface area contributed by atoms with Crippen LogP contribution in [0.3, 0.4) is 0 Å². The van der Waals surface area contributed by atoms with Gasteiger partial charge >= 0.3 is 0 Å². The van der Waals surface area contributed by atoms with Gasteiger partial charge in [0.1, 0.15) is 5.75 Å². The molecule has 2 atom stereocenters. The Morgan fingerprint density at radius 1 is 1.26 bits per heavy atom. The molecule has 2 saturated carbocycles. The Hall–Kier alpha value is -2.00. The van der Waals surface area contributed by atoms with Crippen molar-refractivity contribution in [1.29, 1.82) is 0 Å². The van der Waals surface area contributed by atoms with Gasteiger partial charge in [0.25, 0.3) is 5.91 Å². The van der Waals surface area contributed by atoms with E-state index in [9.17, 15) is 13.8 Å². The van der Waals surface area contributed by atoms with Gasteiger partial charge in [-0.05, 0) is 44.9 Å². The summed E-state index contributed by atoms with van der Waals surface area (Å²) in [4.78, 5) is 31.6. The third-order valence-electron chi connectivity index (χ3n) is 6.91. The largest absolute Gasteiger partial charge is 0.495 e. The van der Waals surface area contributed by atoms with Crippen LogP contribution in [0.25, 0.3) is 0 Å². The van der Waals surface area contributed by atoms with Crippen LogP contribution in [-0.2, 0) is 19.3 Å². The summed E-state index contributed by atoms with van der Waals surface area (Å²) in [6.45, 7) is 5.42. The summed E-state index contributed by atoms with van der Waals surface area (Å²) in [6, 6.07) is 0. The molecule has 3 fully saturated rings. The second-order valence-corrected chi connectivity index (χ2v) is 11.4. The van der Waals surface area contributed by atoms with Crippen molar-refractivity contribution in [1.82, 2.24) is 9.88 Å². The highest BCUT2D eigenvalue weighted by atomic mass is 32.2. The molecule has 1 aromatic heterocycles. The van der Waals surface area contributed by atoms with Crippen molar-refractivity contribution in [2.75, 3.05) is 38.3 Å². The van der Waals surface area contributed by atoms with Gasteiger partial charge in [0.2, 0.25) is 5.91 Å². The highest BCUT2D eigenvalue weighted by Gasteiger charge is 2.65. The van der Waals surface area contributed by atoms with E-state index in [1.165, 1.54) is 19.5 Å². The molecule has 2 aliphatic carbocycles. The van der Waals surface area contributed by atoms with Crippen LogP contribution in [0.4, 0.5) is 0 Å². The predicted molar refractivity (Wildman–Crippen MR) is 117 cm³/mol. The molecule has 2 heterocycles. The Labute approximate surface area is 183 Å². The molecule has 1 aromatic rings. The highest BCUT2D eigenvalue weighted by Crippen LogP contribution is 2.66. The van der Waals surface area contributed by atoms with Crippen LogP contribution in [0.2, 0.25) is 0 Å². The van der Waals surface area contributed by atoms with E-state index >= 15 is 0 Å². The summed E-state index contributed by atoms with van der Waals surface area (Å²) in [5, 5.41) is 0. The van der Waals surface area contributed by atoms with Gasteiger partial charge in [0, 0.05) is 48.9 Å². The molecule has 3 aliphatic rings. The van der Waals surface area contributed by atoms with Crippen LogP contribution in [0, 0.1) is 18.3 Å². The number of pyridine rings is 1. The third kappa shape index (κ3) is 4.35. The standard InChI is InChI=1S/C22H31N3O5S/c1-4-30-16-10-22(11-16)12-18(22)21(27)25-6-5-8-31(28,9-7-25)24-20(26)17-13-23-14-19(29-3)15(17)2/h13-14,16,18H,4-12H2,1-3H3. The number of rotatable bonds is 5. The van der Waals surface area contributed by atoms with Gasteiger partial charge in [-0.3, -0.25) is 14.6 Å². The summed E-state index contributed by atoms with van der Waals surface area (Å²) in [5.74, 6) is 0.740. The SMILES string of the molecule is CCOC1CC2(C1)CC2C(=O)N1CCCS(=O)(=NC(=O)c2cncc(OC)c2C)CC1. The number of aromatic nitrogens is 1. The predicted octanol–water partition coefficient (Wildman–Crippen LogP) is 2.44. The van der Waals surface area contributed by atoms with Crippen LogP contribution in [0.1, 0.15) is 48.5 Å². The summed E-state index contributed by atoms with van der Waals surface area (Å²) >= 11 is 0. The first kappa shape index (κ1) is 22.2. The van der Waals surface area contributed by atoms with Gasteiger partial charge in [0.05, 0.1) is 34.7 Å². The fourth-order valence-corrected chi connectivity index (χ4v) is 6.83. The minimum Gasteiger partial charge on any atom is -0.495 e. The maximum Gasteiger partial charge on any atom is 0.287 e. The van der Waals surface area contributed by atoms with Gasteiger partial charge in [-0.1, -0.05) is 0 Å². The number of methoxy groups -OCH3 is 1. The average molecular weight is 450 g/mol. The molecule has 8 nitrogen and oxygen atoms in total. The lowest BCUT2D eigenvalue weighted by molar-refractivity contribution is -0.135. The van der Waals surface area contributed by atoms with Crippen molar-refractivity contribution in [2.24, 2.45) is 15.7 Å². The van der Waals surface area contributed by atoms with Gasteiger partial charge in [0.15, 0.2) is 0 Å². The lowest BCUT2D eigenvalue weighted by Crippen LogP contribution is -2.40. The van der Waals surface area contributed by atoms with Crippen LogP contribution in [0.15, 0.2) is 16.8 Å². The maximum atomic E-state index is 13.3. The van der Waals surface area contributed by atoms with Gasteiger partial charge in [-0.2, -0.15) is 4.36 Å². The molecule has 0 bridgehead atoms. The maximum absolute atomic E-state index is 13.3. The van der Waals surface area contributed by atoms with Crippen LogP contribution in [0.5, 0.6) is 5.75 Å². The van der Waals surface area contributed by atoms with E-state index in [1.807, 2.05) is 11.8 Å². The topological polar surface area (TPSA) is 98.2 Å². The number of hydrogen-bond acceptors (Lipinski definition) is 6. The first-order chi connectivity index (χ1) is 14.8. The molecular weight excluding hydrogens is 418 g/mol. The highest BCUT2D eigenvalue weighted by molar-refractivity contribution is 7.93. The van der Waals surface area contributed by atoms with Crippen molar-refractivity contribution in [2.45, 2.75) is 45.6 Å². The van der Waals surface area contributed by atoms with Crippen molar-refractivity contribution in [3.8, 4) is 5.75 Å². The van der Waals surface area contributed by atoms with Crippen LogP contribution in [-0.4, -0.2) is 70.3 Å². The second kappa shape index (κ2) is 8.50. The van der Waals surface area contributed by atoms with Crippen molar-refractivity contribution in [3.63, 3.8) is 0 Å². The zero-order valence-electron chi connectivity index (χ0n) is 18.5. The van der Waals surface area contributed by atoms with E-state index in [-0.39, 0.29) is 23.0 Å². The van der Waals surface area contributed by atoms with E-state index in [2.05, 4.69) is 9.35 Å². The molecule has 1 saturated heterocycles. The van der Waals surface area contributed by atoms with E-state index in [4.69, 9.17) is 9.47 Å². The third-order valence-corrected chi connectivity index (χ3v) is 9.16. The Balaban J connectivity index is 1.40. The fourth-order valence-electron chi connectivity index (χ4n) is 4.96. The van der Waals surface area contributed by atoms with Gasteiger partial charge < -0.3 is 14.4 Å². The quantitative estimate of drug-likeness (QED) is 0.685. The smallest absolute Gasteiger partial charge is 0.287 e. The number of nitrogens with zero attached hydrogens (tertiary/aromatic N) is 3. The lowest BCUT2D eigenvalue weighted by atomic mass is 9.76. The minimum absolute atomic E-state index is 0.0717. The Morgan fingerprint density at radius 2 is 2.03 bits per heavy atom. The molecule has 4 rings (SSSR count). The van der Waals surface area contributed by atoms with E-state index in [0.29, 0.717) is 54.9 Å². The molecule has 0 radical (unpaired) electrons. The fraction of sp³-hybridized carbons (Fsp3) is 0.682. The number of ether oxygens (including phenoxy) is 2. The van der Waals surface area contributed by atoms with E-state index < -0.39 is 15.6 Å². The van der Waals surface area contributed by atoms with E-state index in [1.54, 1.807) is 6.92 Å². The zero-order chi connectivity index (χ0) is 22.2. The van der Waals surface area contributed by atoms with Gasteiger partial charge in [-0.15, -0.1) is 0 Å². The number of hydrogen-bond donors (Lipinski definition) is 0. The normalized spacial score (nSPS) is 32.2. The van der Waals surface area contributed by atoms with Crippen LogP contribution >= 0.6 is 0 Å². The van der Waals surface area contributed by atoms with E-state index in [0.717, 1.165) is 19.3 Å². The molecule has 9 heteroatoms. The zero-order valence-corrected chi connectivity index (χ0v) is 19.3. The molecule has 0 N–H and O–H groups in total. The second-order valence-electron chi connectivity index (χ2n) is 8.88. The monoisotopic (exact) mass is 449 g/mol. The molecule has 2 amide bonds. The Bertz CT molecular complexity index is 995. The molecule has 1 spiro atoms. The Morgan fingerprint density at radius 3 is 2.74 bits per heavy atom. The molecule has 31 heavy (non-hydrogen) atoms. The number of carbonyl (C=O) groups is 2. The average Bonchev–Trinajstić information content (AvgIpc) is 3.48. The first-order valence-electron chi connectivity index (χ1n) is 11.0. The molecular formula is C22H31N3O5S. The van der Waals surface area contributed by atoms with Crippen molar-refractivity contribution < 1.29 is 23.3 Å². The van der Waals surface area contributed by atoms with Crippen LogP contribution < -0.4 is 4.74 Å². The van der Waals surface area contributed by atoms with Crippen molar-refractivity contribution >= 4 is 21.5 Å². The summed E-state index contributed by atoms with van der Waals surface area (Å²) in [5.41, 5.74) is 1.07. The molecule has 2 unspecified atom stereocenters. The van der Waals surface area contributed by atoms with Crippen molar-refractivity contribution in [3.05, 3.63) is 23.5 Å². The molecule has 0 aromatic carbocycles. The molecule has 170 valence electrons. The lowest BCUT2D eigenvalue weighted by Gasteiger charge is -2.37. The number of amides is 2. The Kier molecular flexibility index (Phi) is 6.09. The number of carbonyl (C=O) groups excluding carboxylic acids is 2. The van der Waals surface area contributed by atoms with Gasteiger partial charge in [-0.25, -0.2) is 4.21 Å². The summed E-state index contributed by atoms with van der Waals surface area (Å²) in [6.07, 6.45) is 6.72. The summed E-state index contributed by atoms with van der Waals surface area (Å²) < 4.78 is 28.3. The summed E-state index contributed by atoms with van der Waals surface area (Å²) in [7, 11) is -1.21. The first-order valence-corrected chi connectivity index (χ1v) is 12.8. The minimum atomic E-state index is -2.73. The molecule has 1 aliphatic heterocycles.